The topological polar surface area (TPSA) is 66.8 Å². The number of carbonyl (C=O) groups excluding carboxylic acids is 1. The number of nitrogens with zero attached hydrogens (tertiary/aromatic N) is 1. The van der Waals surface area contributed by atoms with Crippen LogP contribution in [0.25, 0.3) is 0 Å². The number of amides is 1. The van der Waals surface area contributed by atoms with Crippen molar-refractivity contribution in [2.45, 2.75) is 18.9 Å². The first-order valence-electron chi connectivity index (χ1n) is 6.43. The number of carbonyl (C=O) groups is 2. The van der Waals surface area contributed by atoms with Crippen molar-refractivity contribution in [2.75, 3.05) is 19.7 Å². The lowest BCUT2D eigenvalue weighted by atomic mass is 10.1. The fourth-order valence-electron chi connectivity index (χ4n) is 2.09. The molecule has 1 N–H and O–H groups in total. The number of carboxylic acid groups (broad SMARTS) is 1. The third kappa shape index (κ3) is 3.95. The molecule has 0 saturated carbocycles. The van der Waals surface area contributed by atoms with E-state index >= 15 is 0 Å². The van der Waals surface area contributed by atoms with Gasteiger partial charge in [0.1, 0.15) is 0 Å². The first-order chi connectivity index (χ1) is 9.56. The Hall–Kier alpha value is -1.59. The molecule has 1 atom stereocenters. The Morgan fingerprint density at radius 1 is 1.35 bits per heavy atom. The van der Waals surface area contributed by atoms with Gasteiger partial charge in [0.15, 0.2) is 6.10 Å². The number of hydrogen-bond donors (Lipinski definition) is 1. The van der Waals surface area contributed by atoms with E-state index < -0.39 is 12.1 Å². The fourth-order valence-corrected chi connectivity index (χ4v) is 2.21. The second-order valence-electron chi connectivity index (χ2n) is 4.66. The Kier molecular flexibility index (Phi) is 4.98. The van der Waals surface area contributed by atoms with Crippen LogP contribution in [0, 0.1) is 0 Å². The molecule has 6 heteroatoms. The normalized spacial score (nSPS) is 18.9. The maximum absolute atomic E-state index is 12.1. The van der Waals surface area contributed by atoms with Crippen LogP contribution in [0.5, 0.6) is 0 Å². The van der Waals surface area contributed by atoms with Crippen LogP contribution in [0.15, 0.2) is 24.3 Å². The number of halogens is 1. The van der Waals surface area contributed by atoms with Crippen molar-refractivity contribution in [3.05, 3.63) is 34.9 Å². The summed E-state index contributed by atoms with van der Waals surface area (Å²) in [6.45, 7) is 0.835. The van der Waals surface area contributed by atoms with E-state index in [4.69, 9.17) is 21.4 Å². The fraction of sp³-hybridized carbons (Fsp3) is 0.429. The quantitative estimate of drug-likeness (QED) is 0.916. The summed E-state index contributed by atoms with van der Waals surface area (Å²) in [6.07, 6.45) is 0.0576. The summed E-state index contributed by atoms with van der Waals surface area (Å²) in [4.78, 5) is 24.5. The first-order valence-corrected chi connectivity index (χ1v) is 6.80. The largest absolute Gasteiger partial charge is 0.479 e. The summed E-state index contributed by atoms with van der Waals surface area (Å²) in [7, 11) is 0. The van der Waals surface area contributed by atoms with Crippen molar-refractivity contribution < 1.29 is 19.4 Å². The van der Waals surface area contributed by atoms with Gasteiger partial charge < -0.3 is 14.7 Å². The van der Waals surface area contributed by atoms with Crippen molar-refractivity contribution in [1.82, 2.24) is 4.90 Å². The second kappa shape index (κ2) is 6.72. The van der Waals surface area contributed by atoms with Gasteiger partial charge in [0.05, 0.1) is 13.2 Å². The van der Waals surface area contributed by atoms with Gasteiger partial charge in [-0.3, -0.25) is 4.79 Å². The van der Waals surface area contributed by atoms with Crippen molar-refractivity contribution in [3.63, 3.8) is 0 Å². The van der Waals surface area contributed by atoms with Crippen LogP contribution in [0.1, 0.15) is 12.0 Å². The number of aryl methyl sites for hydroxylation is 1. The van der Waals surface area contributed by atoms with Crippen molar-refractivity contribution in [2.24, 2.45) is 0 Å². The minimum absolute atomic E-state index is 0.0468. The molecule has 1 fully saturated rings. The third-order valence-electron chi connectivity index (χ3n) is 3.24. The van der Waals surface area contributed by atoms with E-state index in [1.54, 1.807) is 17.0 Å². The van der Waals surface area contributed by atoms with Gasteiger partial charge >= 0.3 is 5.97 Å². The van der Waals surface area contributed by atoms with Gasteiger partial charge in [-0.1, -0.05) is 23.7 Å². The van der Waals surface area contributed by atoms with Gasteiger partial charge in [-0.05, 0) is 24.1 Å². The molecule has 1 aromatic carbocycles. The predicted molar refractivity (Wildman–Crippen MR) is 73.7 cm³/mol. The lowest BCUT2D eigenvalue weighted by molar-refractivity contribution is -0.159. The Morgan fingerprint density at radius 3 is 2.70 bits per heavy atom. The molecule has 5 nitrogen and oxygen atoms in total. The highest BCUT2D eigenvalue weighted by molar-refractivity contribution is 6.30. The number of benzene rings is 1. The summed E-state index contributed by atoms with van der Waals surface area (Å²) < 4.78 is 5.09. The van der Waals surface area contributed by atoms with E-state index in [1.165, 1.54) is 0 Å². The zero-order chi connectivity index (χ0) is 14.5. The molecule has 0 bridgehead atoms. The number of rotatable bonds is 4. The van der Waals surface area contributed by atoms with Crippen LogP contribution in [0.3, 0.4) is 0 Å². The summed E-state index contributed by atoms with van der Waals surface area (Å²) in [5.41, 5.74) is 1.03. The van der Waals surface area contributed by atoms with Crippen molar-refractivity contribution >= 4 is 23.5 Å². The van der Waals surface area contributed by atoms with Crippen LogP contribution in [-0.2, 0) is 20.7 Å². The van der Waals surface area contributed by atoms with Gasteiger partial charge in [-0.2, -0.15) is 0 Å². The Labute approximate surface area is 122 Å². The van der Waals surface area contributed by atoms with Crippen LogP contribution in [0.2, 0.25) is 5.02 Å². The van der Waals surface area contributed by atoms with Crippen LogP contribution >= 0.6 is 11.6 Å². The van der Waals surface area contributed by atoms with Crippen molar-refractivity contribution in [1.29, 1.82) is 0 Å². The second-order valence-corrected chi connectivity index (χ2v) is 5.10. The minimum Gasteiger partial charge on any atom is -0.479 e. The van der Waals surface area contributed by atoms with Gasteiger partial charge in [-0.15, -0.1) is 0 Å². The number of aliphatic carboxylic acids is 1. The zero-order valence-electron chi connectivity index (χ0n) is 10.9. The molecule has 1 amide bonds. The molecule has 108 valence electrons. The lowest BCUT2D eigenvalue weighted by Gasteiger charge is -2.30. The summed E-state index contributed by atoms with van der Waals surface area (Å²) in [6, 6.07) is 7.34. The average molecular weight is 298 g/mol. The highest BCUT2D eigenvalue weighted by Gasteiger charge is 2.28. The molecular formula is C14H16ClNO4. The van der Waals surface area contributed by atoms with E-state index in [0.717, 1.165) is 5.56 Å². The van der Waals surface area contributed by atoms with Crippen LogP contribution < -0.4 is 0 Å². The number of ether oxygens (including phenoxy) is 1. The maximum atomic E-state index is 12.1. The van der Waals surface area contributed by atoms with E-state index in [2.05, 4.69) is 0 Å². The molecule has 1 saturated heterocycles. The first kappa shape index (κ1) is 14.8. The van der Waals surface area contributed by atoms with Gasteiger partial charge in [-0.25, -0.2) is 4.79 Å². The standard InChI is InChI=1S/C14H16ClNO4/c15-11-4-1-10(2-5-11)3-6-13(17)16-7-8-20-12(9-16)14(18)19/h1-2,4-5,12H,3,6-9H2,(H,18,19). The molecule has 0 aliphatic carbocycles. The van der Waals surface area contributed by atoms with Crippen LogP contribution in [0.4, 0.5) is 0 Å². The Bertz CT molecular complexity index is 488. The van der Waals surface area contributed by atoms with E-state index in [1.807, 2.05) is 12.1 Å². The molecule has 0 radical (unpaired) electrons. The van der Waals surface area contributed by atoms with E-state index in [-0.39, 0.29) is 19.1 Å². The lowest BCUT2D eigenvalue weighted by Crippen LogP contribution is -2.48. The predicted octanol–water partition coefficient (Wildman–Crippen LogP) is 1.58. The summed E-state index contributed by atoms with van der Waals surface area (Å²) >= 11 is 5.80. The highest BCUT2D eigenvalue weighted by Crippen LogP contribution is 2.13. The van der Waals surface area contributed by atoms with Crippen LogP contribution in [-0.4, -0.2) is 47.7 Å². The van der Waals surface area contributed by atoms with Gasteiger partial charge in [0.25, 0.3) is 0 Å². The molecule has 1 aliphatic rings. The molecule has 0 aromatic heterocycles. The summed E-state index contributed by atoms with van der Waals surface area (Å²) in [5.74, 6) is -1.07. The molecule has 1 heterocycles. The highest BCUT2D eigenvalue weighted by atomic mass is 35.5. The number of hydrogen-bond acceptors (Lipinski definition) is 3. The van der Waals surface area contributed by atoms with Gasteiger partial charge in [0, 0.05) is 18.0 Å². The smallest absolute Gasteiger partial charge is 0.334 e. The summed E-state index contributed by atoms with van der Waals surface area (Å²) in [5, 5.41) is 9.56. The zero-order valence-corrected chi connectivity index (χ0v) is 11.7. The van der Waals surface area contributed by atoms with E-state index in [9.17, 15) is 9.59 Å². The SMILES string of the molecule is O=C(O)C1CN(C(=O)CCc2ccc(Cl)cc2)CCO1. The molecule has 2 rings (SSSR count). The Morgan fingerprint density at radius 2 is 2.05 bits per heavy atom. The average Bonchev–Trinajstić information content (AvgIpc) is 2.46. The molecule has 20 heavy (non-hydrogen) atoms. The third-order valence-corrected chi connectivity index (χ3v) is 3.49. The maximum Gasteiger partial charge on any atom is 0.334 e. The molecular weight excluding hydrogens is 282 g/mol. The molecule has 1 aromatic rings. The van der Waals surface area contributed by atoms with E-state index in [0.29, 0.717) is 24.4 Å². The molecule has 0 spiro atoms. The number of carboxylic acids is 1. The van der Waals surface area contributed by atoms with Crippen molar-refractivity contribution in [3.8, 4) is 0 Å². The minimum atomic E-state index is -1.03. The monoisotopic (exact) mass is 297 g/mol. The van der Waals surface area contributed by atoms with Gasteiger partial charge in [0.2, 0.25) is 5.91 Å². The Balaban J connectivity index is 1.85. The number of morpholine rings is 1. The molecule has 1 unspecified atom stereocenters. The molecule has 1 aliphatic heterocycles.